The van der Waals surface area contributed by atoms with Gasteiger partial charge in [0.25, 0.3) is 0 Å². The molecule has 2 rings (SSSR count). The Morgan fingerprint density at radius 2 is 2.04 bits per heavy atom. The second kappa shape index (κ2) is 8.34. The van der Waals surface area contributed by atoms with E-state index in [1.165, 1.54) is 6.20 Å². The number of aryl methyl sites for hydroxylation is 1. The van der Waals surface area contributed by atoms with Gasteiger partial charge in [-0.1, -0.05) is 12.1 Å². The summed E-state index contributed by atoms with van der Waals surface area (Å²) in [6, 6.07) is 11.2. The quantitative estimate of drug-likeness (QED) is 0.874. The summed E-state index contributed by atoms with van der Waals surface area (Å²) in [4.78, 5) is 15.7. The number of ether oxygens (including phenoxy) is 2. The number of carbonyl (C=O) groups excluding carboxylic acids is 1. The van der Waals surface area contributed by atoms with Crippen molar-refractivity contribution in [2.24, 2.45) is 0 Å². The lowest BCUT2D eigenvalue weighted by atomic mass is 10.1. The lowest BCUT2D eigenvalue weighted by Crippen LogP contribution is -2.33. The van der Waals surface area contributed by atoms with Gasteiger partial charge in [0.05, 0.1) is 5.56 Å². The first-order valence-corrected chi connectivity index (χ1v) is 8.37. The number of hydrogen-bond donors (Lipinski definition) is 1. The molecule has 0 bridgehead atoms. The average Bonchev–Trinajstić information content (AvgIpc) is 2.56. The molecule has 0 saturated heterocycles. The minimum Gasteiger partial charge on any atom is -0.444 e. The largest absolute Gasteiger partial charge is 0.444 e. The molecule has 0 unspecified atom stereocenters. The molecule has 0 aliphatic rings. The predicted octanol–water partition coefficient (Wildman–Crippen LogP) is 4.12. The second-order valence-corrected chi connectivity index (χ2v) is 6.88. The summed E-state index contributed by atoms with van der Waals surface area (Å²) < 4.78 is 11.0. The van der Waals surface area contributed by atoms with E-state index in [1.807, 2.05) is 52.0 Å². The molecule has 0 aliphatic heterocycles. The molecule has 0 aliphatic carbocycles. The van der Waals surface area contributed by atoms with Crippen molar-refractivity contribution in [1.29, 1.82) is 5.26 Å². The van der Waals surface area contributed by atoms with Gasteiger partial charge in [0.15, 0.2) is 0 Å². The van der Waals surface area contributed by atoms with Gasteiger partial charge in [0, 0.05) is 18.8 Å². The van der Waals surface area contributed by atoms with E-state index in [-0.39, 0.29) is 0 Å². The van der Waals surface area contributed by atoms with Gasteiger partial charge >= 0.3 is 6.09 Å². The van der Waals surface area contributed by atoms with Crippen molar-refractivity contribution in [2.45, 2.75) is 39.7 Å². The van der Waals surface area contributed by atoms with E-state index in [1.54, 1.807) is 12.1 Å². The predicted molar refractivity (Wildman–Crippen MR) is 98.1 cm³/mol. The molecule has 1 aromatic heterocycles. The SMILES string of the molecule is Cc1cc(CCNC(=O)OC(C)(C)C)ccc1Oc1ccc(C#N)cn1. The topological polar surface area (TPSA) is 84.2 Å². The first-order valence-electron chi connectivity index (χ1n) is 8.37. The highest BCUT2D eigenvalue weighted by atomic mass is 16.6. The van der Waals surface area contributed by atoms with Crippen LogP contribution in [0.2, 0.25) is 0 Å². The van der Waals surface area contributed by atoms with Gasteiger partial charge in [0.1, 0.15) is 17.4 Å². The Kier molecular flexibility index (Phi) is 6.18. The number of amides is 1. The molecule has 0 atom stereocenters. The highest BCUT2D eigenvalue weighted by Crippen LogP contribution is 2.24. The smallest absolute Gasteiger partial charge is 0.407 e. The lowest BCUT2D eigenvalue weighted by Gasteiger charge is -2.19. The molecule has 1 heterocycles. The standard InChI is InChI=1S/C20H23N3O3/c1-14-11-15(9-10-22-19(24)26-20(2,3)4)5-7-17(14)25-18-8-6-16(12-21)13-23-18/h5-8,11,13H,9-10H2,1-4H3,(H,22,24). The zero-order valence-corrected chi connectivity index (χ0v) is 15.5. The molecule has 0 radical (unpaired) electrons. The maximum atomic E-state index is 11.6. The summed E-state index contributed by atoms with van der Waals surface area (Å²) in [5.74, 6) is 1.14. The monoisotopic (exact) mass is 353 g/mol. The van der Waals surface area contributed by atoms with Gasteiger partial charge in [-0.3, -0.25) is 0 Å². The van der Waals surface area contributed by atoms with Crippen LogP contribution in [0.4, 0.5) is 4.79 Å². The van der Waals surface area contributed by atoms with Gasteiger partial charge in [-0.15, -0.1) is 0 Å². The normalized spacial score (nSPS) is 10.7. The molecule has 136 valence electrons. The molecular formula is C20H23N3O3. The summed E-state index contributed by atoms with van der Waals surface area (Å²) in [7, 11) is 0. The van der Waals surface area contributed by atoms with E-state index < -0.39 is 11.7 Å². The third-order valence-electron chi connectivity index (χ3n) is 3.40. The molecule has 6 heteroatoms. The Hall–Kier alpha value is -3.07. The Bertz CT molecular complexity index is 803. The van der Waals surface area contributed by atoms with E-state index in [4.69, 9.17) is 14.7 Å². The molecule has 1 N–H and O–H groups in total. The fourth-order valence-corrected chi connectivity index (χ4v) is 2.22. The Balaban J connectivity index is 1.90. The number of nitriles is 1. The van der Waals surface area contributed by atoms with E-state index in [0.717, 1.165) is 11.1 Å². The molecule has 2 aromatic rings. The van der Waals surface area contributed by atoms with Crippen molar-refractivity contribution >= 4 is 6.09 Å². The summed E-state index contributed by atoms with van der Waals surface area (Å²) in [6.07, 6.45) is 1.75. The van der Waals surface area contributed by atoms with Crippen LogP contribution in [0.5, 0.6) is 11.6 Å². The van der Waals surface area contributed by atoms with Crippen LogP contribution in [0, 0.1) is 18.3 Å². The first-order chi connectivity index (χ1) is 12.3. The van der Waals surface area contributed by atoms with Crippen LogP contribution in [-0.4, -0.2) is 23.2 Å². The summed E-state index contributed by atoms with van der Waals surface area (Å²) in [5.41, 5.74) is 2.03. The van der Waals surface area contributed by atoms with Crippen LogP contribution >= 0.6 is 0 Å². The number of carbonyl (C=O) groups is 1. The van der Waals surface area contributed by atoms with Gasteiger partial charge in [-0.2, -0.15) is 5.26 Å². The Labute approximate surface area is 153 Å². The highest BCUT2D eigenvalue weighted by Gasteiger charge is 2.15. The molecule has 26 heavy (non-hydrogen) atoms. The minimum atomic E-state index is -0.501. The van der Waals surface area contributed by atoms with Crippen molar-refractivity contribution in [3.63, 3.8) is 0 Å². The van der Waals surface area contributed by atoms with Crippen LogP contribution in [-0.2, 0) is 11.2 Å². The molecule has 1 amide bonds. The number of benzene rings is 1. The highest BCUT2D eigenvalue weighted by molar-refractivity contribution is 5.67. The van der Waals surface area contributed by atoms with Gasteiger partial charge in [-0.25, -0.2) is 9.78 Å². The molecule has 0 saturated carbocycles. The zero-order chi connectivity index (χ0) is 19.2. The maximum Gasteiger partial charge on any atom is 0.407 e. The Morgan fingerprint density at radius 3 is 2.62 bits per heavy atom. The second-order valence-electron chi connectivity index (χ2n) is 6.88. The number of nitrogens with one attached hydrogen (secondary N) is 1. The van der Waals surface area contributed by atoms with E-state index >= 15 is 0 Å². The third-order valence-corrected chi connectivity index (χ3v) is 3.40. The van der Waals surface area contributed by atoms with Crippen LogP contribution in [0.25, 0.3) is 0 Å². The van der Waals surface area contributed by atoms with Crippen molar-refractivity contribution < 1.29 is 14.3 Å². The van der Waals surface area contributed by atoms with E-state index in [2.05, 4.69) is 10.3 Å². The molecule has 0 spiro atoms. The number of rotatable bonds is 5. The number of alkyl carbamates (subject to hydrolysis) is 1. The van der Waals surface area contributed by atoms with Crippen molar-refractivity contribution in [3.05, 3.63) is 53.2 Å². The van der Waals surface area contributed by atoms with E-state index in [9.17, 15) is 4.79 Å². The number of aromatic nitrogens is 1. The van der Waals surface area contributed by atoms with E-state index in [0.29, 0.717) is 30.2 Å². The van der Waals surface area contributed by atoms with Crippen LogP contribution in [0.15, 0.2) is 36.5 Å². The minimum absolute atomic E-state index is 0.416. The summed E-state index contributed by atoms with van der Waals surface area (Å²) in [5, 5.41) is 11.5. The molecule has 6 nitrogen and oxygen atoms in total. The number of nitrogens with zero attached hydrogens (tertiary/aromatic N) is 2. The summed E-state index contributed by atoms with van der Waals surface area (Å²) in [6.45, 7) is 7.93. The lowest BCUT2D eigenvalue weighted by molar-refractivity contribution is 0.0528. The van der Waals surface area contributed by atoms with Gasteiger partial charge in [-0.05, 0) is 57.4 Å². The maximum absolute atomic E-state index is 11.6. The molecular weight excluding hydrogens is 330 g/mol. The number of pyridine rings is 1. The van der Waals surface area contributed by atoms with Crippen LogP contribution < -0.4 is 10.1 Å². The van der Waals surface area contributed by atoms with Gasteiger partial charge < -0.3 is 14.8 Å². The number of hydrogen-bond acceptors (Lipinski definition) is 5. The summed E-state index contributed by atoms with van der Waals surface area (Å²) >= 11 is 0. The fraction of sp³-hybridized carbons (Fsp3) is 0.350. The first kappa shape index (κ1) is 19.3. The average molecular weight is 353 g/mol. The fourth-order valence-electron chi connectivity index (χ4n) is 2.22. The van der Waals surface area contributed by atoms with Crippen molar-refractivity contribution in [3.8, 4) is 17.7 Å². The van der Waals surface area contributed by atoms with Crippen LogP contribution in [0.3, 0.4) is 0 Å². The zero-order valence-electron chi connectivity index (χ0n) is 15.5. The van der Waals surface area contributed by atoms with Crippen molar-refractivity contribution in [1.82, 2.24) is 10.3 Å². The Morgan fingerprint density at radius 1 is 1.27 bits per heavy atom. The van der Waals surface area contributed by atoms with Crippen LogP contribution in [0.1, 0.15) is 37.5 Å². The van der Waals surface area contributed by atoms with Gasteiger partial charge in [0.2, 0.25) is 5.88 Å². The molecule has 1 aromatic carbocycles. The van der Waals surface area contributed by atoms with Crippen molar-refractivity contribution in [2.75, 3.05) is 6.54 Å². The molecule has 0 fully saturated rings. The third kappa shape index (κ3) is 6.10.